The molecule has 0 bridgehead atoms. The number of carbonyl (C=O) groups excluding carboxylic acids is 3. The topological polar surface area (TPSA) is 89.5 Å². The highest BCUT2D eigenvalue weighted by atomic mass is 35.5. The van der Waals surface area contributed by atoms with E-state index in [2.05, 4.69) is 5.32 Å². The fourth-order valence-corrected chi connectivity index (χ4v) is 2.76. The quantitative estimate of drug-likeness (QED) is 0.826. The third-order valence-electron chi connectivity index (χ3n) is 3.50. The van der Waals surface area contributed by atoms with Gasteiger partial charge in [0, 0.05) is 16.3 Å². The number of aromatic carboxylic acids is 1. The van der Waals surface area contributed by atoms with Gasteiger partial charge in [-0.3, -0.25) is 9.59 Å². The van der Waals surface area contributed by atoms with Gasteiger partial charge in [0.05, 0.1) is 11.7 Å². The maximum Gasteiger partial charge on any atom is 0.283 e. The molecule has 2 aromatic carbocycles. The fraction of sp³-hybridized carbons (Fsp3) is 0. The monoisotopic (exact) mass is 375 g/mol. The van der Waals surface area contributed by atoms with Gasteiger partial charge < -0.3 is 15.2 Å². The number of para-hydroxylation sites is 1. The van der Waals surface area contributed by atoms with Gasteiger partial charge in [0.25, 0.3) is 11.8 Å². The van der Waals surface area contributed by atoms with Crippen LogP contribution in [0.2, 0.25) is 5.02 Å². The van der Waals surface area contributed by atoms with Crippen molar-refractivity contribution in [3.63, 3.8) is 0 Å². The molecule has 0 aromatic heterocycles. The first-order valence-electron chi connectivity index (χ1n) is 7.01. The SMILES string of the molecule is O=C([O-])c1ccccc1NC1=C(Cl)C(=O)N(c2cccc(Cl)c2)C1=O. The van der Waals surface area contributed by atoms with Crippen LogP contribution >= 0.6 is 23.2 Å². The molecular weight excluding hydrogens is 367 g/mol. The summed E-state index contributed by atoms with van der Waals surface area (Å²) in [4.78, 5) is 37.0. The summed E-state index contributed by atoms with van der Waals surface area (Å²) in [6.07, 6.45) is 0. The van der Waals surface area contributed by atoms with E-state index in [1.807, 2.05) is 0 Å². The Kier molecular flexibility index (Phi) is 4.48. The van der Waals surface area contributed by atoms with Crippen molar-refractivity contribution in [3.8, 4) is 0 Å². The summed E-state index contributed by atoms with van der Waals surface area (Å²) in [5.41, 5.74) is -0.0448. The van der Waals surface area contributed by atoms with Crippen molar-refractivity contribution < 1.29 is 19.5 Å². The number of imide groups is 1. The van der Waals surface area contributed by atoms with Crippen molar-refractivity contribution in [1.29, 1.82) is 0 Å². The summed E-state index contributed by atoms with van der Waals surface area (Å²) >= 11 is 11.9. The van der Waals surface area contributed by atoms with Crippen LogP contribution < -0.4 is 15.3 Å². The number of nitrogens with zero attached hydrogens (tertiary/aromatic N) is 1. The van der Waals surface area contributed by atoms with Crippen LogP contribution in [0.25, 0.3) is 0 Å². The van der Waals surface area contributed by atoms with Crippen LogP contribution in [0, 0.1) is 0 Å². The Morgan fingerprint density at radius 3 is 2.40 bits per heavy atom. The number of nitrogens with one attached hydrogen (secondary N) is 1. The molecule has 6 nitrogen and oxygen atoms in total. The summed E-state index contributed by atoms with van der Waals surface area (Å²) in [5.74, 6) is -2.88. The van der Waals surface area contributed by atoms with Gasteiger partial charge in [-0.05, 0) is 24.3 Å². The Hall–Kier alpha value is -2.83. The minimum absolute atomic E-state index is 0.0877. The molecule has 2 aromatic rings. The summed E-state index contributed by atoms with van der Waals surface area (Å²) in [6.45, 7) is 0. The molecule has 0 saturated heterocycles. The number of amides is 2. The second kappa shape index (κ2) is 6.58. The van der Waals surface area contributed by atoms with Gasteiger partial charge in [-0.2, -0.15) is 0 Å². The van der Waals surface area contributed by atoms with Crippen molar-refractivity contribution in [3.05, 3.63) is 69.8 Å². The highest BCUT2D eigenvalue weighted by molar-refractivity contribution is 6.53. The molecule has 0 saturated carbocycles. The average Bonchev–Trinajstić information content (AvgIpc) is 2.79. The first-order chi connectivity index (χ1) is 11.9. The zero-order chi connectivity index (χ0) is 18.1. The third-order valence-corrected chi connectivity index (χ3v) is 4.09. The molecule has 0 atom stereocenters. The van der Waals surface area contributed by atoms with Gasteiger partial charge in [-0.25, -0.2) is 4.90 Å². The second-order valence-corrected chi connectivity index (χ2v) is 5.89. The van der Waals surface area contributed by atoms with Crippen LogP contribution in [0.5, 0.6) is 0 Å². The van der Waals surface area contributed by atoms with Crippen LogP contribution in [0.1, 0.15) is 10.4 Å². The number of carboxylic acids is 1. The Balaban J connectivity index is 1.97. The van der Waals surface area contributed by atoms with E-state index in [9.17, 15) is 19.5 Å². The van der Waals surface area contributed by atoms with Crippen LogP contribution in [0.15, 0.2) is 59.3 Å². The Morgan fingerprint density at radius 2 is 1.72 bits per heavy atom. The zero-order valence-corrected chi connectivity index (χ0v) is 14.0. The van der Waals surface area contributed by atoms with Gasteiger partial charge in [-0.1, -0.05) is 47.5 Å². The first kappa shape index (κ1) is 17.0. The molecule has 2 amide bonds. The molecule has 1 aliphatic rings. The second-order valence-electron chi connectivity index (χ2n) is 5.07. The van der Waals surface area contributed by atoms with E-state index in [0.717, 1.165) is 4.90 Å². The molecule has 0 unspecified atom stereocenters. The molecular formula is C17H9Cl2N2O4-. The number of rotatable bonds is 4. The maximum absolute atomic E-state index is 12.6. The summed E-state index contributed by atoms with van der Waals surface area (Å²) in [6, 6.07) is 12.0. The molecule has 0 fully saturated rings. The highest BCUT2D eigenvalue weighted by Gasteiger charge is 2.39. The van der Waals surface area contributed by atoms with E-state index < -0.39 is 17.8 Å². The van der Waals surface area contributed by atoms with E-state index in [4.69, 9.17) is 23.2 Å². The minimum Gasteiger partial charge on any atom is -0.545 e. The molecule has 0 aliphatic carbocycles. The lowest BCUT2D eigenvalue weighted by atomic mass is 10.1. The number of carbonyl (C=O) groups is 3. The molecule has 0 radical (unpaired) electrons. The van der Waals surface area contributed by atoms with Crippen molar-refractivity contribution in [2.75, 3.05) is 10.2 Å². The summed E-state index contributed by atoms with van der Waals surface area (Å²) < 4.78 is 0. The molecule has 1 N–H and O–H groups in total. The van der Waals surface area contributed by atoms with Gasteiger partial charge in [-0.15, -0.1) is 0 Å². The summed E-state index contributed by atoms with van der Waals surface area (Å²) in [5, 5.41) is 13.8. The standard InChI is InChI=1S/C17H10Cl2N2O4/c18-9-4-3-5-10(8-9)21-15(22)13(19)14(16(21)23)20-12-7-2-1-6-11(12)17(24)25/h1-8,20H,(H,24,25)/p-1. The highest BCUT2D eigenvalue weighted by Crippen LogP contribution is 2.31. The van der Waals surface area contributed by atoms with Gasteiger partial charge in [0.15, 0.2) is 0 Å². The molecule has 25 heavy (non-hydrogen) atoms. The predicted molar refractivity (Wildman–Crippen MR) is 91.2 cm³/mol. The van der Waals surface area contributed by atoms with Crippen LogP contribution in [-0.2, 0) is 9.59 Å². The van der Waals surface area contributed by atoms with Crippen molar-refractivity contribution in [2.45, 2.75) is 0 Å². The van der Waals surface area contributed by atoms with Crippen molar-refractivity contribution >= 4 is 52.4 Å². The Labute approximate surface area is 152 Å². The number of hydrogen-bond donors (Lipinski definition) is 1. The van der Waals surface area contributed by atoms with Crippen molar-refractivity contribution in [1.82, 2.24) is 0 Å². The molecule has 3 rings (SSSR count). The molecule has 1 heterocycles. The summed E-state index contributed by atoms with van der Waals surface area (Å²) in [7, 11) is 0. The van der Waals surface area contributed by atoms with Gasteiger partial charge in [0.1, 0.15) is 10.7 Å². The first-order valence-corrected chi connectivity index (χ1v) is 7.77. The van der Waals surface area contributed by atoms with Crippen molar-refractivity contribution in [2.24, 2.45) is 0 Å². The van der Waals surface area contributed by atoms with E-state index in [0.29, 0.717) is 5.02 Å². The van der Waals surface area contributed by atoms with Crippen LogP contribution in [0.4, 0.5) is 11.4 Å². The lowest BCUT2D eigenvalue weighted by molar-refractivity contribution is -0.254. The molecule has 1 aliphatic heterocycles. The normalized spacial score (nSPS) is 14.2. The molecule has 126 valence electrons. The number of benzene rings is 2. The van der Waals surface area contributed by atoms with Crippen LogP contribution in [0.3, 0.4) is 0 Å². The molecule has 8 heteroatoms. The van der Waals surface area contributed by atoms with Crippen LogP contribution in [-0.4, -0.2) is 17.8 Å². The number of anilines is 2. The van der Waals surface area contributed by atoms with E-state index in [-0.39, 0.29) is 27.7 Å². The minimum atomic E-state index is -1.43. The number of halogens is 2. The fourth-order valence-electron chi connectivity index (χ4n) is 2.37. The Morgan fingerprint density at radius 1 is 1.00 bits per heavy atom. The number of hydrogen-bond acceptors (Lipinski definition) is 5. The third kappa shape index (κ3) is 3.09. The predicted octanol–water partition coefficient (Wildman–Crippen LogP) is 2.14. The Bertz CT molecular complexity index is 940. The maximum atomic E-state index is 12.6. The largest absolute Gasteiger partial charge is 0.545 e. The van der Waals surface area contributed by atoms with Gasteiger partial charge >= 0.3 is 0 Å². The number of carboxylic acid groups (broad SMARTS) is 1. The zero-order valence-electron chi connectivity index (χ0n) is 12.5. The van der Waals surface area contributed by atoms with E-state index in [1.54, 1.807) is 18.2 Å². The lowest BCUT2D eigenvalue weighted by Crippen LogP contribution is -2.32. The van der Waals surface area contributed by atoms with Gasteiger partial charge in [0.2, 0.25) is 0 Å². The average molecular weight is 376 g/mol. The lowest BCUT2D eigenvalue weighted by Gasteiger charge is -2.16. The molecule has 0 spiro atoms. The van der Waals surface area contributed by atoms with E-state index in [1.165, 1.54) is 30.3 Å². The smallest absolute Gasteiger partial charge is 0.283 e. The van der Waals surface area contributed by atoms with E-state index >= 15 is 0 Å².